The third-order valence-electron chi connectivity index (χ3n) is 4.21. The molecule has 1 aromatic carbocycles. The zero-order chi connectivity index (χ0) is 18.1. The standard InChI is InChI=1S/C15H18F3N5O/c1-5-14(3,22(4)13(24)15(16,17)18)12-19-20-21-23(12)11-8-6-10(2)7-9-11/h6-9H,5H2,1-4H3/t14-/m0/s1. The molecule has 0 bridgehead atoms. The molecule has 130 valence electrons. The van der Waals surface area contributed by atoms with Crippen molar-refractivity contribution < 1.29 is 18.0 Å². The molecule has 0 aliphatic rings. The van der Waals surface area contributed by atoms with Crippen LogP contribution >= 0.6 is 0 Å². The minimum Gasteiger partial charge on any atom is -0.325 e. The summed E-state index contributed by atoms with van der Waals surface area (Å²) in [5.41, 5.74) is 0.310. The highest BCUT2D eigenvalue weighted by atomic mass is 19.4. The van der Waals surface area contributed by atoms with Crippen LogP contribution in [0.1, 0.15) is 31.7 Å². The molecule has 1 amide bonds. The SMILES string of the molecule is CC[C@@](C)(c1nnnn1-c1ccc(C)cc1)N(C)C(=O)C(F)(F)F. The number of halogens is 3. The molecule has 2 rings (SSSR count). The van der Waals surface area contributed by atoms with Crippen molar-refractivity contribution >= 4 is 5.91 Å². The number of hydrogen-bond donors (Lipinski definition) is 0. The Morgan fingerprint density at radius 2 is 1.83 bits per heavy atom. The van der Waals surface area contributed by atoms with Crippen molar-refractivity contribution in [3.63, 3.8) is 0 Å². The van der Waals surface area contributed by atoms with Gasteiger partial charge in [0.25, 0.3) is 0 Å². The number of nitrogens with zero attached hydrogens (tertiary/aromatic N) is 5. The quantitative estimate of drug-likeness (QED) is 0.857. The molecule has 6 nitrogen and oxygen atoms in total. The molecule has 9 heteroatoms. The van der Waals surface area contributed by atoms with Gasteiger partial charge in [-0.1, -0.05) is 24.6 Å². The molecule has 0 radical (unpaired) electrons. The summed E-state index contributed by atoms with van der Waals surface area (Å²) in [7, 11) is 1.10. The van der Waals surface area contributed by atoms with Gasteiger partial charge < -0.3 is 4.90 Å². The summed E-state index contributed by atoms with van der Waals surface area (Å²) in [5, 5.41) is 11.3. The summed E-state index contributed by atoms with van der Waals surface area (Å²) in [6.45, 7) is 5.09. The van der Waals surface area contributed by atoms with Gasteiger partial charge >= 0.3 is 12.1 Å². The molecule has 0 unspecified atom stereocenters. The van der Waals surface area contributed by atoms with Crippen molar-refractivity contribution in [2.75, 3.05) is 7.05 Å². The van der Waals surface area contributed by atoms with Crippen LogP contribution in [0.5, 0.6) is 0 Å². The topological polar surface area (TPSA) is 63.9 Å². The molecule has 2 aromatic rings. The fourth-order valence-corrected chi connectivity index (χ4v) is 2.34. The summed E-state index contributed by atoms with van der Waals surface area (Å²) in [4.78, 5) is 12.3. The minimum atomic E-state index is -4.96. The number of benzene rings is 1. The van der Waals surface area contributed by atoms with Gasteiger partial charge in [-0.25, -0.2) is 0 Å². The van der Waals surface area contributed by atoms with Gasteiger partial charge in [0.15, 0.2) is 5.82 Å². The van der Waals surface area contributed by atoms with Gasteiger partial charge in [-0.3, -0.25) is 4.79 Å². The monoisotopic (exact) mass is 341 g/mol. The van der Waals surface area contributed by atoms with Crippen molar-refractivity contribution in [3.8, 4) is 5.69 Å². The third kappa shape index (κ3) is 3.10. The number of alkyl halides is 3. The van der Waals surface area contributed by atoms with Gasteiger partial charge in [-0.2, -0.15) is 17.9 Å². The second-order valence-corrected chi connectivity index (χ2v) is 5.74. The average molecular weight is 341 g/mol. The predicted molar refractivity (Wildman–Crippen MR) is 80.4 cm³/mol. The van der Waals surface area contributed by atoms with Gasteiger partial charge in [0.2, 0.25) is 0 Å². The van der Waals surface area contributed by atoms with E-state index in [9.17, 15) is 18.0 Å². The molecular formula is C15H18F3N5O. The number of amides is 1. The van der Waals surface area contributed by atoms with E-state index in [-0.39, 0.29) is 12.2 Å². The largest absolute Gasteiger partial charge is 0.471 e. The first-order valence-electron chi connectivity index (χ1n) is 7.32. The molecule has 0 aliphatic carbocycles. The summed E-state index contributed by atoms with van der Waals surface area (Å²) in [5.74, 6) is -1.78. The smallest absolute Gasteiger partial charge is 0.325 e. The number of carbonyl (C=O) groups excluding carboxylic acids is 1. The number of tetrazole rings is 1. The average Bonchev–Trinajstić information content (AvgIpc) is 3.02. The molecule has 0 saturated carbocycles. The molecule has 0 N–H and O–H groups in total. The van der Waals surface area contributed by atoms with Gasteiger partial charge in [0, 0.05) is 7.05 Å². The van der Waals surface area contributed by atoms with Crippen LogP contribution in [0.2, 0.25) is 0 Å². The maximum absolute atomic E-state index is 12.8. The Morgan fingerprint density at radius 1 is 1.25 bits per heavy atom. The van der Waals surface area contributed by atoms with Gasteiger partial charge in [0.1, 0.15) is 5.54 Å². The fourth-order valence-electron chi connectivity index (χ4n) is 2.34. The van der Waals surface area contributed by atoms with Crippen LogP contribution in [0.4, 0.5) is 13.2 Å². The Bertz CT molecular complexity index is 725. The molecule has 0 fully saturated rings. The highest BCUT2D eigenvalue weighted by Gasteiger charge is 2.48. The Balaban J connectivity index is 2.50. The van der Waals surface area contributed by atoms with Crippen LogP contribution in [0.3, 0.4) is 0 Å². The van der Waals surface area contributed by atoms with E-state index in [4.69, 9.17) is 0 Å². The maximum atomic E-state index is 12.8. The first-order chi connectivity index (χ1) is 11.1. The lowest BCUT2D eigenvalue weighted by Crippen LogP contribution is -2.51. The van der Waals surface area contributed by atoms with Crippen molar-refractivity contribution in [1.82, 2.24) is 25.1 Å². The van der Waals surface area contributed by atoms with Crippen LogP contribution in [0.25, 0.3) is 5.69 Å². The van der Waals surface area contributed by atoms with Crippen molar-refractivity contribution in [1.29, 1.82) is 0 Å². The number of rotatable bonds is 4. The summed E-state index contributed by atoms with van der Waals surface area (Å²) < 4.78 is 39.8. The zero-order valence-corrected chi connectivity index (χ0v) is 13.8. The van der Waals surface area contributed by atoms with Crippen LogP contribution in [0.15, 0.2) is 24.3 Å². The van der Waals surface area contributed by atoms with Crippen LogP contribution in [-0.4, -0.2) is 44.2 Å². The number of aryl methyl sites for hydroxylation is 1. The summed E-state index contributed by atoms with van der Waals surface area (Å²) in [6.07, 6.45) is -4.76. The van der Waals surface area contributed by atoms with Crippen molar-refractivity contribution in [2.24, 2.45) is 0 Å². The van der Waals surface area contributed by atoms with Crippen molar-refractivity contribution in [2.45, 2.75) is 38.9 Å². The molecule has 0 spiro atoms. The zero-order valence-electron chi connectivity index (χ0n) is 13.8. The van der Waals surface area contributed by atoms with Crippen molar-refractivity contribution in [3.05, 3.63) is 35.7 Å². The Hall–Kier alpha value is -2.45. The first-order valence-corrected chi connectivity index (χ1v) is 7.32. The first kappa shape index (κ1) is 17.9. The number of aromatic nitrogens is 4. The lowest BCUT2D eigenvalue weighted by Gasteiger charge is -2.37. The Kier molecular flexibility index (Phi) is 4.63. The van der Waals surface area contributed by atoms with E-state index in [1.807, 2.05) is 19.1 Å². The van der Waals surface area contributed by atoms with E-state index in [2.05, 4.69) is 15.5 Å². The van der Waals surface area contributed by atoms with E-state index >= 15 is 0 Å². The number of hydrogen-bond acceptors (Lipinski definition) is 4. The highest BCUT2D eigenvalue weighted by Crippen LogP contribution is 2.33. The van der Waals surface area contributed by atoms with E-state index in [1.165, 1.54) is 11.6 Å². The highest BCUT2D eigenvalue weighted by molar-refractivity contribution is 5.82. The van der Waals surface area contributed by atoms with Crippen LogP contribution in [0, 0.1) is 6.92 Å². The molecule has 0 saturated heterocycles. The molecule has 1 heterocycles. The lowest BCUT2D eigenvalue weighted by atomic mass is 9.95. The van der Waals surface area contributed by atoms with Crippen LogP contribution < -0.4 is 0 Å². The molecule has 1 aromatic heterocycles. The summed E-state index contributed by atoms with van der Waals surface area (Å²) >= 11 is 0. The van der Waals surface area contributed by atoms with E-state index < -0.39 is 17.6 Å². The van der Waals surface area contributed by atoms with Gasteiger partial charge in [-0.05, 0) is 42.8 Å². The molecule has 24 heavy (non-hydrogen) atoms. The molecular weight excluding hydrogens is 323 g/mol. The minimum absolute atomic E-state index is 0.161. The molecule has 0 aliphatic heterocycles. The predicted octanol–water partition coefficient (Wildman–Crippen LogP) is 2.62. The van der Waals surface area contributed by atoms with Gasteiger partial charge in [-0.15, -0.1) is 5.10 Å². The number of carbonyl (C=O) groups is 1. The second-order valence-electron chi connectivity index (χ2n) is 5.74. The van der Waals surface area contributed by atoms with Gasteiger partial charge in [0.05, 0.1) is 5.69 Å². The lowest BCUT2D eigenvalue weighted by molar-refractivity contribution is -0.190. The molecule has 1 atom stereocenters. The fraction of sp³-hybridized carbons (Fsp3) is 0.467. The van der Waals surface area contributed by atoms with E-state index in [0.29, 0.717) is 10.6 Å². The van der Waals surface area contributed by atoms with E-state index in [1.54, 1.807) is 19.1 Å². The van der Waals surface area contributed by atoms with Crippen LogP contribution in [-0.2, 0) is 10.3 Å². The third-order valence-corrected chi connectivity index (χ3v) is 4.21. The second kappa shape index (κ2) is 6.21. The summed E-state index contributed by atoms with van der Waals surface area (Å²) in [6, 6.07) is 7.21. The normalized spacial score (nSPS) is 14.3. The maximum Gasteiger partial charge on any atom is 0.471 e. The Morgan fingerprint density at radius 3 is 2.33 bits per heavy atom. The Labute approximate surface area is 137 Å². The van der Waals surface area contributed by atoms with E-state index in [0.717, 1.165) is 12.6 Å².